The standard InChI is InChI=1S/C22H22Cl2O6/c1-3-22(14(2)29-21(26)16-6-10-18(24)11-7-16)28-13-19(30-22)12-27-20(25)15-4-8-17(23)9-5-15/h4-11,14,19H,3,12-13H2,1-2H3/t14-,19+,22-/m0/s1. The van der Waals surface area contributed by atoms with Crippen LogP contribution in [0.3, 0.4) is 0 Å². The maximum Gasteiger partial charge on any atom is 0.338 e. The molecule has 0 bridgehead atoms. The summed E-state index contributed by atoms with van der Waals surface area (Å²) in [5.74, 6) is -2.09. The van der Waals surface area contributed by atoms with Crippen molar-refractivity contribution in [3.8, 4) is 0 Å². The quantitative estimate of drug-likeness (QED) is 0.555. The third kappa shape index (κ3) is 5.32. The molecular weight excluding hydrogens is 431 g/mol. The zero-order valence-corrected chi connectivity index (χ0v) is 18.1. The van der Waals surface area contributed by atoms with Gasteiger partial charge in [0, 0.05) is 16.5 Å². The van der Waals surface area contributed by atoms with Gasteiger partial charge >= 0.3 is 11.9 Å². The highest BCUT2D eigenvalue weighted by atomic mass is 35.5. The van der Waals surface area contributed by atoms with Crippen LogP contribution in [-0.2, 0) is 18.9 Å². The molecule has 1 heterocycles. The van der Waals surface area contributed by atoms with Crippen LogP contribution in [0.2, 0.25) is 10.0 Å². The lowest BCUT2D eigenvalue weighted by atomic mass is 10.1. The van der Waals surface area contributed by atoms with Crippen molar-refractivity contribution in [2.24, 2.45) is 0 Å². The third-order valence-electron chi connectivity index (χ3n) is 4.84. The number of ether oxygens (including phenoxy) is 4. The first-order valence-electron chi connectivity index (χ1n) is 9.54. The fourth-order valence-electron chi connectivity index (χ4n) is 3.09. The van der Waals surface area contributed by atoms with Crippen molar-refractivity contribution >= 4 is 35.1 Å². The Labute approximate surface area is 185 Å². The lowest BCUT2D eigenvalue weighted by molar-refractivity contribution is -0.226. The van der Waals surface area contributed by atoms with Gasteiger partial charge in [-0.2, -0.15) is 0 Å². The molecule has 1 fully saturated rings. The second-order valence-electron chi connectivity index (χ2n) is 6.88. The number of halogens is 2. The van der Waals surface area contributed by atoms with E-state index in [0.717, 1.165) is 0 Å². The number of carbonyl (C=O) groups is 2. The van der Waals surface area contributed by atoms with Gasteiger partial charge < -0.3 is 18.9 Å². The topological polar surface area (TPSA) is 71.1 Å². The monoisotopic (exact) mass is 452 g/mol. The van der Waals surface area contributed by atoms with Gasteiger partial charge in [0.05, 0.1) is 17.7 Å². The number of rotatable bonds is 7. The average Bonchev–Trinajstić information content (AvgIpc) is 3.18. The van der Waals surface area contributed by atoms with E-state index in [-0.39, 0.29) is 13.2 Å². The summed E-state index contributed by atoms with van der Waals surface area (Å²) in [6.07, 6.45) is -0.704. The maximum absolute atomic E-state index is 12.4. The van der Waals surface area contributed by atoms with Crippen LogP contribution in [0.1, 0.15) is 41.0 Å². The highest BCUT2D eigenvalue weighted by molar-refractivity contribution is 6.30. The van der Waals surface area contributed by atoms with Crippen molar-refractivity contribution in [2.45, 2.75) is 38.3 Å². The summed E-state index contributed by atoms with van der Waals surface area (Å²) >= 11 is 11.7. The smallest absolute Gasteiger partial charge is 0.338 e. The van der Waals surface area contributed by atoms with Crippen LogP contribution in [0.4, 0.5) is 0 Å². The Morgan fingerprint density at radius 1 is 1.03 bits per heavy atom. The van der Waals surface area contributed by atoms with Crippen LogP contribution in [0, 0.1) is 0 Å². The summed E-state index contributed by atoms with van der Waals surface area (Å²) in [5, 5.41) is 1.07. The minimum atomic E-state index is -1.11. The Morgan fingerprint density at radius 3 is 2.10 bits per heavy atom. The predicted octanol–water partition coefficient (Wildman–Crippen LogP) is 4.92. The second-order valence-corrected chi connectivity index (χ2v) is 7.75. The van der Waals surface area contributed by atoms with Crippen LogP contribution in [-0.4, -0.2) is 43.1 Å². The van der Waals surface area contributed by atoms with E-state index < -0.39 is 29.9 Å². The Bertz CT molecular complexity index is 884. The summed E-state index contributed by atoms with van der Waals surface area (Å²) in [4.78, 5) is 24.6. The maximum atomic E-state index is 12.4. The van der Waals surface area contributed by atoms with E-state index in [4.69, 9.17) is 42.1 Å². The number of benzene rings is 2. The Kier molecular flexibility index (Phi) is 7.36. The van der Waals surface area contributed by atoms with E-state index in [0.29, 0.717) is 27.6 Å². The van der Waals surface area contributed by atoms with Gasteiger partial charge in [-0.3, -0.25) is 0 Å². The van der Waals surface area contributed by atoms with E-state index >= 15 is 0 Å². The third-order valence-corrected chi connectivity index (χ3v) is 5.34. The summed E-state index contributed by atoms with van der Waals surface area (Å²) in [5.41, 5.74) is 0.772. The zero-order valence-electron chi connectivity index (χ0n) is 16.6. The summed E-state index contributed by atoms with van der Waals surface area (Å²) < 4.78 is 22.7. The summed E-state index contributed by atoms with van der Waals surface area (Å²) in [6.45, 7) is 3.81. The van der Waals surface area contributed by atoms with Crippen LogP contribution >= 0.6 is 23.2 Å². The van der Waals surface area contributed by atoms with Crippen LogP contribution in [0.5, 0.6) is 0 Å². The van der Waals surface area contributed by atoms with Crippen LogP contribution < -0.4 is 0 Å². The molecule has 0 aromatic heterocycles. The van der Waals surface area contributed by atoms with Crippen LogP contribution in [0.25, 0.3) is 0 Å². The summed E-state index contributed by atoms with van der Waals surface area (Å²) in [6, 6.07) is 12.8. The van der Waals surface area contributed by atoms with Crippen molar-refractivity contribution < 1.29 is 28.5 Å². The Morgan fingerprint density at radius 2 is 1.57 bits per heavy atom. The van der Waals surface area contributed by atoms with E-state index in [1.807, 2.05) is 6.92 Å². The average molecular weight is 453 g/mol. The van der Waals surface area contributed by atoms with Gasteiger partial charge in [0.2, 0.25) is 5.79 Å². The molecule has 1 aliphatic heterocycles. The minimum absolute atomic E-state index is 0.0149. The van der Waals surface area contributed by atoms with Crippen molar-refractivity contribution in [1.29, 1.82) is 0 Å². The SMILES string of the molecule is CC[C@]1([C@H](C)OC(=O)c2ccc(Cl)cc2)OC[C@@H](COC(=O)c2ccc(Cl)cc2)O1. The lowest BCUT2D eigenvalue weighted by Gasteiger charge is -2.32. The molecule has 1 saturated heterocycles. The molecule has 0 radical (unpaired) electrons. The molecular formula is C22H22Cl2O6. The predicted molar refractivity (Wildman–Crippen MR) is 112 cm³/mol. The van der Waals surface area contributed by atoms with Gasteiger partial charge in [0.1, 0.15) is 12.7 Å². The van der Waals surface area contributed by atoms with Gasteiger partial charge in [-0.05, 0) is 55.5 Å². The Balaban J connectivity index is 1.56. The van der Waals surface area contributed by atoms with Crippen molar-refractivity contribution in [3.05, 3.63) is 69.7 Å². The van der Waals surface area contributed by atoms with E-state index in [9.17, 15) is 9.59 Å². The molecule has 2 aromatic carbocycles. The Hall–Kier alpha value is -2.12. The van der Waals surface area contributed by atoms with Crippen molar-refractivity contribution in [2.75, 3.05) is 13.2 Å². The largest absolute Gasteiger partial charge is 0.459 e. The van der Waals surface area contributed by atoms with E-state index in [1.165, 1.54) is 0 Å². The first-order valence-corrected chi connectivity index (χ1v) is 10.3. The van der Waals surface area contributed by atoms with Gasteiger partial charge in [-0.1, -0.05) is 30.1 Å². The highest BCUT2D eigenvalue weighted by Crippen LogP contribution is 2.33. The molecule has 0 spiro atoms. The van der Waals surface area contributed by atoms with Crippen molar-refractivity contribution in [3.63, 3.8) is 0 Å². The zero-order chi connectivity index (χ0) is 21.7. The lowest BCUT2D eigenvalue weighted by Crippen LogP contribution is -2.44. The summed E-state index contributed by atoms with van der Waals surface area (Å²) in [7, 11) is 0. The molecule has 0 N–H and O–H groups in total. The molecule has 160 valence electrons. The number of esters is 2. The molecule has 0 amide bonds. The molecule has 0 unspecified atom stereocenters. The molecule has 3 rings (SSSR count). The molecule has 3 atom stereocenters. The first kappa shape index (κ1) is 22.6. The second kappa shape index (κ2) is 9.79. The normalized spacial score (nSPS) is 21.8. The minimum Gasteiger partial charge on any atom is -0.459 e. The van der Waals surface area contributed by atoms with Gasteiger partial charge in [0.25, 0.3) is 0 Å². The number of carbonyl (C=O) groups excluding carboxylic acids is 2. The number of hydrogen-bond acceptors (Lipinski definition) is 6. The molecule has 2 aromatic rings. The molecule has 8 heteroatoms. The molecule has 1 aliphatic rings. The molecule has 0 saturated carbocycles. The molecule has 30 heavy (non-hydrogen) atoms. The van der Waals surface area contributed by atoms with Crippen LogP contribution in [0.15, 0.2) is 48.5 Å². The highest BCUT2D eigenvalue weighted by Gasteiger charge is 2.47. The number of hydrogen-bond donors (Lipinski definition) is 0. The van der Waals surface area contributed by atoms with Gasteiger partial charge in [-0.25, -0.2) is 9.59 Å². The first-order chi connectivity index (χ1) is 14.3. The van der Waals surface area contributed by atoms with E-state index in [2.05, 4.69) is 0 Å². The molecule has 6 nitrogen and oxygen atoms in total. The van der Waals surface area contributed by atoms with E-state index in [1.54, 1.807) is 55.5 Å². The fourth-order valence-corrected chi connectivity index (χ4v) is 3.35. The fraction of sp³-hybridized carbons (Fsp3) is 0.364. The van der Waals surface area contributed by atoms with Gasteiger partial charge in [0.15, 0.2) is 6.10 Å². The molecule has 0 aliphatic carbocycles. The van der Waals surface area contributed by atoms with Gasteiger partial charge in [-0.15, -0.1) is 0 Å². The van der Waals surface area contributed by atoms with Crippen molar-refractivity contribution in [1.82, 2.24) is 0 Å².